The molecule has 1 saturated heterocycles. The summed E-state index contributed by atoms with van der Waals surface area (Å²) >= 11 is 0. The number of carbonyl (C=O) groups is 1. The number of rotatable bonds is 6. The van der Waals surface area contributed by atoms with Gasteiger partial charge in [0.15, 0.2) is 0 Å². The lowest BCUT2D eigenvalue weighted by Crippen LogP contribution is -2.21. The van der Waals surface area contributed by atoms with Crippen LogP contribution < -0.4 is 15.5 Å². The predicted octanol–water partition coefficient (Wildman–Crippen LogP) is 4.54. The van der Waals surface area contributed by atoms with Crippen molar-refractivity contribution in [3.05, 3.63) is 72.5 Å². The molecule has 0 bridgehead atoms. The van der Waals surface area contributed by atoms with Crippen LogP contribution in [0, 0.1) is 5.82 Å². The van der Waals surface area contributed by atoms with Crippen LogP contribution in [0.25, 0.3) is 11.3 Å². The van der Waals surface area contributed by atoms with Gasteiger partial charge in [-0.25, -0.2) is 9.37 Å². The van der Waals surface area contributed by atoms with Crippen molar-refractivity contribution in [2.24, 2.45) is 0 Å². The van der Waals surface area contributed by atoms with Crippen LogP contribution in [0.15, 0.2) is 66.7 Å². The van der Waals surface area contributed by atoms with E-state index in [0.717, 1.165) is 30.2 Å². The van der Waals surface area contributed by atoms with Crippen molar-refractivity contribution in [1.29, 1.82) is 0 Å². The Balaban J connectivity index is 1.41. The van der Waals surface area contributed by atoms with Gasteiger partial charge >= 0.3 is 0 Å². The topological polar surface area (TPSA) is 57.3 Å². The lowest BCUT2D eigenvalue weighted by molar-refractivity contribution is -0.114. The number of nitrogens with zero attached hydrogens (tertiary/aromatic N) is 2. The number of hydrogen-bond donors (Lipinski definition) is 2. The van der Waals surface area contributed by atoms with Gasteiger partial charge in [0.05, 0.1) is 12.2 Å². The van der Waals surface area contributed by atoms with Crippen molar-refractivity contribution in [3.8, 4) is 11.3 Å². The molecule has 2 heterocycles. The fourth-order valence-corrected chi connectivity index (χ4v) is 3.42. The molecule has 2 aromatic carbocycles. The lowest BCUT2D eigenvalue weighted by atomic mass is 10.1. The summed E-state index contributed by atoms with van der Waals surface area (Å²) in [7, 11) is 0. The number of carbonyl (C=O) groups excluding carboxylic acids is 1. The van der Waals surface area contributed by atoms with E-state index in [1.165, 1.54) is 25.0 Å². The molecule has 29 heavy (non-hydrogen) atoms. The van der Waals surface area contributed by atoms with Crippen LogP contribution in [0.1, 0.15) is 12.8 Å². The number of amides is 1. The van der Waals surface area contributed by atoms with E-state index in [9.17, 15) is 9.18 Å². The number of aromatic nitrogens is 1. The zero-order valence-electron chi connectivity index (χ0n) is 16.1. The van der Waals surface area contributed by atoms with Crippen LogP contribution >= 0.6 is 0 Å². The number of benzene rings is 2. The molecular formula is C23H23FN4O. The summed E-state index contributed by atoms with van der Waals surface area (Å²) in [4.78, 5) is 19.4. The number of nitrogens with one attached hydrogen (secondary N) is 2. The van der Waals surface area contributed by atoms with Gasteiger partial charge in [-0.05, 0) is 61.4 Å². The summed E-state index contributed by atoms with van der Waals surface area (Å²) in [5, 5.41) is 5.87. The maximum Gasteiger partial charge on any atom is 0.243 e. The summed E-state index contributed by atoms with van der Waals surface area (Å²) in [6, 6.07) is 19.6. The molecule has 1 aliphatic heterocycles. The second-order valence-electron chi connectivity index (χ2n) is 7.06. The quantitative estimate of drug-likeness (QED) is 0.649. The molecule has 5 nitrogen and oxygen atoms in total. The highest BCUT2D eigenvalue weighted by atomic mass is 19.1. The fraction of sp³-hybridized carbons (Fsp3) is 0.217. The SMILES string of the molecule is O=C(CNc1ccc(F)cc1)Nc1cccc(-c2cccc(N3CCCC3)n2)c1. The van der Waals surface area contributed by atoms with Crippen LogP contribution in [-0.2, 0) is 4.79 Å². The average molecular weight is 390 g/mol. The van der Waals surface area contributed by atoms with Gasteiger partial charge in [0.2, 0.25) is 5.91 Å². The normalized spacial score (nSPS) is 13.3. The molecule has 148 valence electrons. The van der Waals surface area contributed by atoms with E-state index in [1.54, 1.807) is 12.1 Å². The monoisotopic (exact) mass is 390 g/mol. The maximum absolute atomic E-state index is 12.9. The van der Waals surface area contributed by atoms with E-state index in [0.29, 0.717) is 11.4 Å². The lowest BCUT2D eigenvalue weighted by Gasteiger charge is -2.17. The molecular weight excluding hydrogens is 367 g/mol. The van der Waals surface area contributed by atoms with Crippen LogP contribution in [0.5, 0.6) is 0 Å². The highest BCUT2D eigenvalue weighted by Gasteiger charge is 2.14. The third kappa shape index (κ3) is 4.90. The standard InChI is InChI=1S/C23H23FN4O/c24-18-9-11-19(12-10-18)25-16-23(29)26-20-6-3-5-17(15-20)21-7-4-8-22(27-21)28-13-1-2-14-28/h3-12,15,25H,1-2,13-14,16H2,(H,26,29). The molecule has 3 aromatic rings. The summed E-state index contributed by atoms with van der Waals surface area (Å²) in [6.07, 6.45) is 2.42. The minimum Gasteiger partial charge on any atom is -0.376 e. The van der Waals surface area contributed by atoms with Crippen LogP contribution in [0.4, 0.5) is 21.6 Å². The van der Waals surface area contributed by atoms with Gasteiger partial charge in [-0.3, -0.25) is 4.79 Å². The van der Waals surface area contributed by atoms with Gasteiger partial charge in [0.1, 0.15) is 11.6 Å². The minimum atomic E-state index is -0.306. The molecule has 6 heteroatoms. The zero-order chi connectivity index (χ0) is 20.1. The first-order chi connectivity index (χ1) is 14.2. The molecule has 1 fully saturated rings. The van der Waals surface area contributed by atoms with Crippen molar-refractivity contribution < 1.29 is 9.18 Å². The molecule has 0 unspecified atom stereocenters. The smallest absolute Gasteiger partial charge is 0.243 e. The Kier molecular flexibility index (Phi) is 5.70. The first-order valence-corrected chi connectivity index (χ1v) is 9.79. The van der Waals surface area contributed by atoms with E-state index < -0.39 is 0 Å². The second-order valence-corrected chi connectivity index (χ2v) is 7.06. The molecule has 1 amide bonds. The van der Waals surface area contributed by atoms with Crippen molar-refractivity contribution in [3.63, 3.8) is 0 Å². The largest absolute Gasteiger partial charge is 0.376 e. The van der Waals surface area contributed by atoms with Crippen LogP contribution in [0.2, 0.25) is 0 Å². The molecule has 1 aromatic heterocycles. The highest BCUT2D eigenvalue weighted by molar-refractivity contribution is 5.94. The maximum atomic E-state index is 12.9. The molecule has 0 spiro atoms. The fourth-order valence-electron chi connectivity index (χ4n) is 3.42. The first-order valence-electron chi connectivity index (χ1n) is 9.79. The second kappa shape index (κ2) is 8.73. The molecule has 0 radical (unpaired) electrons. The van der Waals surface area contributed by atoms with Crippen molar-refractivity contribution in [2.45, 2.75) is 12.8 Å². The van der Waals surface area contributed by atoms with E-state index in [1.807, 2.05) is 42.5 Å². The molecule has 0 saturated carbocycles. The Morgan fingerprint density at radius 1 is 0.966 bits per heavy atom. The molecule has 2 N–H and O–H groups in total. The Bertz CT molecular complexity index is 984. The third-order valence-electron chi connectivity index (χ3n) is 4.90. The number of anilines is 3. The van der Waals surface area contributed by atoms with Gasteiger partial charge in [0.25, 0.3) is 0 Å². The molecule has 0 atom stereocenters. The van der Waals surface area contributed by atoms with Crippen LogP contribution in [0.3, 0.4) is 0 Å². The Morgan fingerprint density at radius 2 is 1.72 bits per heavy atom. The Hall–Kier alpha value is -3.41. The van der Waals surface area contributed by atoms with Crippen molar-refractivity contribution in [2.75, 3.05) is 35.2 Å². The predicted molar refractivity (Wildman–Crippen MR) is 115 cm³/mol. The highest BCUT2D eigenvalue weighted by Crippen LogP contribution is 2.25. The summed E-state index contributed by atoms with van der Waals surface area (Å²) < 4.78 is 12.9. The van der Waals surface area contributed by atoms with Crippen LogP contribution in [-0.4, -0.2) is 30.5 Å². The number of pyridine rings is 1. The van der Waals surface area contributed by atoms with Gasteiger partial charge in [-0.1, -0.05) is 18.2 Å². The van der Waals surface area contributed by atoms with Crippen molar-refractivity contribution in [1.82, 2.24) is 4.98 Å². The summed E-state index contributed by atoms with van der Waals surface area (Å²) in [5.74, 6) is 0.516. The van der Waals surface area contributed by atoms with Gasteiger partial charge < -0.3 is 15.5 Å². The van der Waals surface area contributed by atoms with E-state index >= 15 is 0 Å². The summed E-state index contributed by atoms with van der Waals surface area (Å²) in [5.41, 5.74) is 3.24. The number of halogens is 1. The summed E-state index contributed by atoms with van der Waals surface area (Å²) in [6.45, 7) is 2.19. The zero-order valence-corrected chi connectivity index (χ0v) is 16.1. The first kappa shape index (κ1) is 18.9. The molecule has 0 aliphatic carbocycles. The Labute approximate surface area is 169 Å². The average Bonchev–Trinajstić information content (AvgIpc) is 3.29. The third-order valence-corrected chi connectivity index (χ3v) is 4.90. The van der Waals surface area contributed by atoms with Gasteiger partial charge in [-0.2, -0.15) is 0 Å². The number of hydrogen-bond acceptors (Lipinski definition) is 4. The van der Waals surface area contributed by atoms with E-state index in [4.69, 9.17) is 4.98 Å². The van der Waals surface area contributed by atoms with E-state index in [-0.39, 0.29) is 18.3 Å². The minimum absolute atomic E-state index is 0.0958. The van der Waals surface area contributed by atoms with Gasteiger partial charge in [0, 0.05) is 30.0 Å². The molecule has 1 aliphatic rings. The Morgan fingerprint density at radius 3 is 2.52 bits per heavy atom. The molecule has 4 rings (SSSR count). The van der Waals surface area contributed by atoms with E-state index in [2.05, 4.69) is 15.5 Å². The van der Waals surface area contributed by atoms with Crippen molar-refractivity contribution >= 4 is 23.1 Å². The van der Waals surface area contributed by atoms with Gasteiger partial charge in [-0.15, -0.1) is 0 Å².